The largest absolute Gasteiger partial charge is 0.370 e. The SMILES string of the molecule is N#Cc1c(NC(=O)CCN2CCCCC2CC(N)=O)sc2c1CCCC2. The van der Waals surface area contributed by atoms with E-state index in [-0.39, 0.29) is 17.9 Å². The molecule has 3 rings (SSSR count). The zero-order valence-electron chi connectivity index (χ0n) is 15.1. The number of likely N-dealkylation sites (tertiary alicyclic amines) is 1. The average Bonchev–Trinajstić information content (AvgIpc) is 2.97. The van der Waals surface area contributed by atoms with Crippen LogP contribution in [0.15, 0.2) is 0 Å². The van der Waals surface area contributed by atoms with Crippen molar-refractivity contribution in [1.82, 2.24) is 4.90 Å². The van der Waals surface area contributed by atoms with Gasteiger partial charge in [-0.2, -0.15) is 5.26 Å². The van der Waals surface area contributed by atoms with Gasteiger partial charge in [0.05, 0.1) is 5.56 Å². The van der Waals surface area contributed by atoms with Crippen molar-refractivity contribution in [3.8, 4) is 6.07 Å². The van der Waals surface area contributed by atoms with E-state index < -0.39 is 0 Å². The summed E-state index contributed by atoms with van der Waals surface area (Å²) in [5.41, 5.74) is 7.14. The second kappa shape index (κ2) is 8.65. The van der Waals surface area contributed by atoms with Crippen molar-refractivity contribution in [3.63, 3.8) is 0 Å². The van der Waals surface area contributed by atoms with Crippen molar-refractivity contribution in [1.29, 1.82) is 5.26 Å². The van der Waals surface area contributed by atoms with E-state index >= 15 is 0 Å². The highest BCUT2D eigenvalue weighted by molar-refractivity contribution is 7.16. The van der Waals surface area contributed by atoms with Crippen LogP contribution in [0.5, 0.6) is 0 Å². The zero-order valence-corrected chi connectivity index (χ0v) is 15.9. The van der Waals surface area contributed by atoms with Crippen molar-refractivity contribution in [2.24, 2.45) is 5.73 Å². The summed E-state index contributed by atoms with van der Waals surface area (Å²) in [4.78, 5) is 27.1. The van der Waals surface area contributed by atoms with Gasteiger partial charge in [0.2, 0.25) is 11.8 Å². The van der Waals surface area contributed by atoms with Gasteiger partial charge in [-0.15, -0.1) is 11.3 Å². The van der Waals surface area contributed by atoms with Gasteiger partial charge in [0.1, 0.15) is 11.1 Å². The molecule has 0 bridgehead atoms. The molecule has 1 aliphatic heterocycles. The Morgan fingerprint density at radius 3 is 2.85 bits per heavy atom. The van der Waals surface area contributed by atoms with Gasteiger partial charge in [-0.1, -0.05) is 6.42 Å². The van der Waals surface area contributed by atoms with Gasteiger partial charge in [-0.3, -0.25) is 14.5 Å². The van der Waals surface area contributed by atoms with E-state index in [2.05, 4.69) is 16.3 Å². The monoisotopic (exact) mass is 374 g/mol. The van der Waals surface area contributed by atoms with Crippen LogP contribution in [-0.4, -0.2) is 35.8 Å². The number of aryl methyl sites for hydroxylation is 1. The lowest BCUT2D eigenvalue weighted by molar-refractivity contribution is -0.119. The fourth-order valence-electron chi connectivity index (χ4n) is 4.02. The summed E-state index contributed by atoms with van der Waals surface area (Å²) in [5, 5.41) is 13.1. The van der Waals surface area contributed by atoms with Gasteiger partial charge < -0.3 is 11.1 Å². The number of nitrogens with two attached hydrogens (primary N) is 1. The van der Waals surface area contributed by atoms with E-state index in [1.165, 1.54) is 4.88 Å². The predicted molar refractivity (Wildman–Crippen MR) is 102 cm³/mol. The second-order valence-corrected chi connectivity index (χ2v) is 8.29. The molecule has 0 saturated carbocycles. The number of primary amides is 1. The van der Waals surface area contributed by atoms with Gasteiger partial charge in [0.15, 0.2) is 0 Å². The summed E-state index contributed by atoms with van der Waals surface area (Å²) >= 11 is 1.56. The lowest BCUT2D eigenvalue weighted by Crippen LogP contribution is -2.43. The highest BCUT2D eigenvalue weighted by Gasteiger charge is 2.25. The fraction of sp³-hybridized carbons (Fsp3) is 0.632. The van der Waals surface area contributed by atoms with Crippen LogP contribution >= 0.6 is 11.3 Å². The first-order valence-corrected chi connectivity index (χ1v) is 10.3. The summed E-state index contributed by atoms with van der Waals surface area (Å²) in [6.07, 6.45) is 8.09. The third-order valence-electron chi connectivity index (χ3n) is 5.35. The van der Waals surface area contributed by atoms with Gasteiger partial charge >= 0.3 is 0 Å². The summed E-state index contributed by atoms with van der Waals surface area (Å²) < 4.78 is 0. The van der Waals surface area contributed by atoms with Crippen LogP contribution in [0.3, 0.4) is 0 Å². The molecule has 2 aliphatic rings. The molecule has 6 nitrogen and oxygen atoms in total. The lowest BCUT2D eigenvalue weighted by atomic mass is 9.96. The number of hydrogen-bond donors (Lipinski definition) is 2. The van der Waals surface area contributed by atoms with Crippen LogP contribution in [0.2, 0.25) is 0 Å². The van der Waals surface area contributed by atoms with Crippen molar-refractivity contribution in [2.75, 3.05) is 18.4 Å². The zero-order chi connectivity index (χ0) is 18.5. The van der Waals surface area contributed by atoms with Crippen LogP contribution in [0.4, 0.5) is 5.00 Å². The number of hydrogen-bond acceptors (Lipinski definition) is 5. The number of fused-ring (bicyclic) bond motifs is 1. The van der Waals surface area contributed by atoms with Gasteiger partial charge in [-0.25, -0.2) is 0 Å². The number of nitriles is 1. The van der Waals surface area contributed by atoms with Crippen LogP contribution in [0.25, 0.3) is 0 Å². The maximum atomic E-state index is 12.4. The summed E-state index contributed by atoms with van der Waals surface area (Å²) in [5.74, 6) is -0.349. The van der Waals surface area contributed by atoms with E-state index in [4.69, 9.17) is 5.73 Å². The molecule has 1 unspecified atom stereocenters. The summed E-state index contributed by atoms with van der Waals surface area (Å²) in [7, 11) is 0. The fourth-order valence-corrected chi connectivity index (χ4v) is 5.28. The number of anilines is 1. The molecule has 26 heavy (non-hydrogen) atoms. The predicted octanol–water partition coefficient (Wildman–Crippen LogP) is 2.56. The first-order valence-electron chi connectivity index (χ1n) is 9.45. The molecule has 1 aromatic heterocycles. The number of nitrogens with one attached hydrogen (secondary N) is 1. The molecule has 2 amide bonds. The molecule has 1 aliphatic carbocycles. The number of piperidine rings is 1. The third-order valence-corrected chi connectivity index (χ3v) is 6.56. The number of carbonyl (C=O) groups is 2. The summed E-state index contributed by atoms with van der Waals surface area (Å²) in [6.45, 7) is 1.53. The minimum absolute atomic E-state index is 0.0662. The van der Waals surface area contributed by atoms with Gasteiger partial charge in [0, 0.05) is 30.3 Å². The molecule has 0 radical (unpaired) electrons. The molecular weight excluding hydrogens is 348 g/mol. The molecule has 140 valence electrons. The first-order chi connectivity index (χ1) is 12.6. The topological polar surface area (TPSA) is 99.2 Å². The summed E-state index contributed by atoms with van der Waals surface area (Å²) in [6, 6.07) is 2.43. The Hall–Kier alpha value is -1.91. The Morgan fingerprint density at radius 2 is 2.08 bits per heavy atom. The number of rotatable bonds is 6. The molecule has 0 aromatic carbocycles. The molecule has 1 atom stereocenters. The van der Waals surface area contributed by atoms with Crippen LogP contribution in [0.1, 0.15) is 60.9 Å². The Labute approximate surface area is 158 Å². The number of thiophene rings is 1. The average molecular weight is 375 g/mol. The van der Waals surface area contributed by atoms with E-state index in [0.29, 0.717) is 30.0 Å². The third kappa shape index (κ3) is 4.43. The molecule has 7 heteroatoms. The quantitative estimate of drug-likeness (QED) is 0.799. The Kier molecular flexibility index (Phi) is 6.28. The molecule has 1 aromatic rings. The Balaban J connectivity index is 1.58. The van der Waals surface area contributed by atoms with Crippen molar-refractivity contribution in [2.45, 2.75) is 63.8 Å². The van der Waals surface area contributed by atoms with Gasteiger partial charge in [-0.05, 0) is 50.6 Å². The maximum absolute atomic E-state index is 12.4. The van der Waals surface area contributed by atoms with Crippen molar-refractivity contribution >= 4 is 28.2 Å². The first kappa shape index (κ1) is 18.9. The highest BCUT2D eigenvalue weighted by Crippen LogP contribution is 2.37. The van der Waals surface area contributed by atoms with Crippen LogP contribution < -0.4 is 11.1 Å². The maximum Gasteiger partial charge on any atom is 0.226 e. The van der Waals surface area contributed by atoms with Crippen LogP contribution in [-0.2, 0) is 22.4 Å². The van der Waals surface area contributed by atoms with E-state index in [9.17, 15) is 14.9 Å². The molecule has 2 heterocycles. The molecule has 1 fully saturated rings. The minimum Gasteiger partial charge on any atom is -0.370 e. The standard InChI is InChI=1S/C19H26N4O2S/c20-12-15-14-6-1-2-7-16(14)26-19(15)22-18(25)8-10-23-9-4-3-5-13(23)11-17(21)24/h13H,1-11H2,(H2,21,24)(H,22,25). The van der Waals surface area contributed by atoms with Gasteiger partial charge in [0.25, 0.3) is 0 Å². The number of carbonyl (C=O) groups excluding carboxylic acids is 2. The highest BCUT2D eigenvalue weighted by atomic mass is 32.1. The second-order valence-electron chi connectivity index (χ2n) is 7.18. The molecule has 3 N–H and O–H groups in total. The van der Waals surface area contributed by atoms with Crippen LogP contribution in [0, 0.1) is 11.3 Å². The van der Waals surface area contributed by atoms with E-state index in [0.717, 1.165) is 57.1 Å². The lowest BCUT2D eigenvalue weighted by Gasteiger charge is -2.34. The molecular formula is C19H26N4O2S. The van der Waals surface area contributed by atoms with Crippen molar-refractivity contribution < 1.29 is 9.59 Å². The van der Waals surface area contributed by atoms with Crippen molar-refractivity contribution in [3.05, 3.63) is 16.0 Å². The van der Waals surface area contributed by atoms with E-state index in [1.54, 1.807) is 11.3 Å². The number of amides is 2. The smallest absolute Gasteiger partial charge is 0.226 e. The Morgan fingerprint density at radius 1 is 1.27 bits per heavy atom. The molecule has 1 saturated heterocycles. The Bertz CT molecular complexity index is 722. The normalized spacial score (nSPS) is 20.2. The number of nitrogens with zero attached hydrogens (tertiary/aromatic N) is 2. The van der Waals surface area contributed by atoms with E-state index in [1.807, 2.05) is 0 Å². The minimum atomic E-state index is -0.283. The molecule has 0 spiro atoms.